The molecular weight excluding hydrogens is 254 g/mol. The second-order valence-corrected chi connectivity index (χ2v) is 4.50. The van der Waals surface area contributed by atoms with Crippen LogP contribution in [-0.4, -0.2) is 20.1 Å². The number of anilines is 1. The van der Waals surface area contributed by atoms with Crippen LogP contribution in [0.25, 0.3) is 23.0 Å². The number of rotatable bonds is 2. The molecule has 0 aliphatic heterocycles. The molecule has 0 unspecified atom stereocenters. The highest BCUT2D eigenvalue weighted by atomic mass is 16.5. The van der Waals surface area contributed by atoms with E-state index in [9.17, 15) is 0 Å². The molecule has 0 atom stereocenters. The van der Waals surface area contributed by atoms with Crippen LogP contribution in [0.3, 0.4) is 0 Å². The van der Waals surface area contributed by atoms with E-state index in [2.05, 4.69) is 20.1 Å². The van der Waals surface area contributed by atoms with Gasteiger partial charge < -0.3 is 10.3 Å². The molecule has 2 N–H and O–H groups in total. The Hall–Kier alpha value is -2.76. The second-order valence-electron chi connectivity index (χ2n) is 4.50. The van der Waals surface area contributed by atoms with Crippen LogP contribution < -0.4 is 5.73 Å². The molecule has 3 rings (SSSR count). The van der Waals surface area contributed by atoms with Crippen molar-refractivity contribution < 1.29 is 4.52 Å². The van der Waals surface area contributed by atoms with Crippen LogP contribution in [0.2, 0.25) is 0 Å². The molecule has 0 amide bonds. The van der Waals surface area contributed by atoms with Crippen LogP contribution in [0, 0.1) is 13.8 Å². The lowest BCUT2D eigenvalue weighted by Gasteiger charge is -2.01. The minimum absolute atomic E-state index is 0.387. The van der Waals surface area contributed by atoms with Crippen LogP contribution in [0.5, 0.6) is 0 Å². The molecule has 2 heterocycles. The van der Waals surface area contributed by atoms with Crippen molar-refractivity contribution >= 4 is 5.69 Å². The first-order valence-electron chi connectivity index (χ1n) is 6.14. The van der Waals surface area contributed by atoms with Gasteiger partial charge >= 0.3 is 0 Å². The number of benzene rings is 1. The Balaban J connectivity index is 2.04. The van der Waals surface area contributed by atoms with Crippen LogP contribution in [-0.2, 0) is 0 Å². The predicted molar refractivity (Wildman–Crippen MR) is 74.6 cm³/mol. The van der Waals surface area contributed by atoms with Gasteiger partial charge in [-0.05, 0) is 32.0 Å². The summed E-state index contributed by atoms with van der Waals surface area (Å²) in [7, 11) is 0. The fraction of sp³-hybridized carbons (Fsp3) is 0.143. The molecule has 3 aromatic rings. The van der Waals surface area contributed by atoms with Crippen LogP contribution in [0.1, 0.15) is 11.4 Å². The summed E-state index contributed by atoms with van der Waals surface area (Å²) in [5, 5.41) is 3.94. The summed E-state index contributed by atoms with van der Waals surface area (Å²) in [4.78, 5) is 12.6. The van der Waals surface area contributed by atoms with Gasteiger partial charge in [0.1, 0.15) is 11.5 Å². The van der Waals surface area contributed by atoms with Gasteiger partial charge in [-0.15, -0.1) is 0 Å². The fourth-order valence-electron chi connectivity index (χ4n) is 1.87. The summed E-state index contributed by atoms with van der Waals surface area (Å²) in [6.45, 7) is 3.79. The monoisotopic (exact) mass is 267 g/mol. The smallest absolute Gasteiger partial charge is 0.260 e. The maximum Gasteiger partial charge on any atom is 0.260 e. The summed E-state index contributed by atoms with van der Waals surface area (Å²) < 4.78 is 5.28. The molecule has 6 heteroatoms. The summed E-state index contributed by atoms with van der Waals surface area (Å²) in [6, 6.07) is 7.41. The van der Waals surface area contributed by atoms with E-state index in [0.29, 0.717) is 28.9 Å². The Labute approximate surface area is 115 Å². The van der Waals surface area contributed by atoms with Gasteiger partial charge in [-0.2, -0.15) is 4.98 Å². The van der Waals surface area contributed by atoms with E-state index in [-0.39, 0.29) is 0 Å². The van der Waals surface area contributed by atoms with E-state index >= 15 is 0 Å². The zero-order chi connectivity index (χ0) is 14.1. The van der Waals surface area contributed by atoms with Crippen LogP contribution in [0.4, 0.5) is 5.69 Å². The van der Waals surface area contributed by atoms with Gasteiger partial charge in [0.05, 0.1) is 5.56 Å². The number of hydrogen-bond donors (Lipinski definition) is 1. The molecule has 2 aromatic heterocycles. The van der Waals surface area contributed by atoms with Crippen molar-refractivity contribution in [2.24, 2.45) is 0 Å². The van der Waals surface area contributed by atoms with Gasteiger partial charge in [-0.1, -0.05) is 16.8 Å². The summed E-state index contributed by atoms with van der Waals surface area (Å²) in [6.07, 6.45) is 1.66. The first-order valence-corrected chi connectivity index (χ1v) is 6.14. The minimum Gasteiger partial charge on any atom is -0.398 e. The van der Waals surface area contributed by atoms with Gasteiger partial charge in [0.25, 0.3) is 5.89 Å². The van der Waals surface area contributed by atoms with E-state index in [1.807, 2.05) is 32.0 Å². The average molecular weight is 267 g/mol. The molecular formula is C14H13N5O. The number of nitrogens with zero attached hydrogens (tertiary/aromatic N) is 4. The Morgan fingerprint density at radius 3 is 2.75 bits per heavy atom. The third-order valence-corrected chi connectivity index (χ3v) is 2.87. The summed E-state index contributed by atoms with van der Waals surface area (Å²) >= 11 is 0. The molecule has 0 saturated carbocycles. The Morgan fingerprint density at radius 2 is 1.95 bits per heavy atom. The van der Waals surface area contributed by atoms with Gasteiger partial charge in [0.15, 0.2) is 0 Å². The quantitative estimate of drug-likeness (QED) is 0.717. The molecule has 0 aliphatic rings. The lowest BCUT2D eigenvalue weighted by molar-refractivity contribution is 0.432. The first kappa shape index (κ1) is 12.3. The van der Waals surface area contributed by atoms with Crippen LogP contribution in [0.15, 0.2) is 35.0 Å². The third kappa shape index (κ3) is 2.23. The zero-order valence-electron chi connectivity index (χ0n) is 11.2. The SMILES string of the molecule is Cc1ccc(N)c(-c2nc(-c3ccnc(C)n3)no2)c1. The topological polar surface area (TPSA) is 90.7 Å². The van der Waals surface area contributed by atoms with Crippen molar-refractivity contribution in [2.45, 2.75) is 13.8 Å². The Morgan fingerprint density at radius 1 is 1.10 bits per heavy atom. The standard InChI is InChI=1S/C14H13N5O/c1-8-3-4-11(15)10(7-8)14-18-13(19-20-14)12-5-6-16-9(2)17-12/h3-7H,15H2,1-2H3. The van der Waals surface area contributed by atoms with Gasteiger partial charge in [0, 0.05) is 11.9 Å². The lowest BCUT2D eigenvalue weighted by Crippen LogP contribution is -1.92. The lowest BCUT2D eigenvalue weighted by atomic mass is 10.1. The molecule has 0 saturated heterocycles. The summed E-state index contributed by atoms with van der Waals surface area (Å²) in [5.41, 5.74) is 8.97. The predicted octanol–water partition coefficient (Wildman–Crippen LogP) is 2.39. The molecule has 0 radical (unpaired) electrons. The Kier molecular flexibility index (Phi) is 2.90. The fourth-order valence-corrected chi connectivity index (χ4v) is 1.87. The highest BCUT2D eigenvalue weighted by Gasteiger charge is 2.14. The number of nitrogens with two attached hydrogens (primary N) is 1. The first-order chi connectivity index (χ1) is 9.63. The van der Waals surface area contributed by atoms with Crippen molar-refractivity contribution in [3.05, 3.63) is 41.9 Å². The molecule has 20 heavy (non-hydrogen) atoms. The van der Waals surface area contributed by atoms with Crippen LogP contribution >= 0.6 is 0 Å². The normalized spacial score (nSPS) is 10.7. The van der Waals surface area contributed by atoms with E-state index in [0.717, 1.165) is 11.1 Å². The highest BCUT2D eigenvalue weighted by Crippen LogP contribution is 2.27. The van der Waals surface area contributed by atoms with Crippen molar-refractivity contribution in [2.75, 3.05) is 5.73 Å². The van der Waals surface area contributed by atoms with E-state index < -0.39 is 0 Å². The number of nitrogen functional groups attached to an aromatic ring is 1. The minimum atomic E-state index is 0.387. The largest absolute Gasteiger partial charge is 0.398 e. The number of aryl methyl sites for hydroxylation is 2. The molecule has 0 aliphatic carbocycles. The van der Waals surface area contributed by atoms with Crippen molar-refractivity contribution in [3.63, 3.8) is 0 Å². The van der Waals surface area contributed by atoms with Crippen molar-refractivity contribution in [1.82, 2.24) is 20.1 Å². The molecule has 0 fully saturated rings. The second kappa shape index (κ2) is 4.73. The maximum atomic E-state index is 5.94. The zero-order valence-corrected chi connectivity index (χ0v) is 11.2. The average Bonchev–Trinajstić information content (AvgIpc) is 2.91. The molecule has 0 spiro atoms. The molecule has 0 bridgehead atoms. The van der Waals surface area contributed by atoms with Gasteiger partial charge in [-0.3, -0.25) is 0 Å². The van der Waals surface area contributed by atoms with E-state index in [1.165, 1.54) is 0 Å². The Bertz CT molecular complexity index is 766. The maximum absolute atomic E-state index is 5.94. The number of aromatic nitrogens is 4. The van der Waals surface area contributed by atoms with Gasteiger partial charge in [0.2, 0.25) is 5.82 Å². The molecule has 1 aromatic carbocycles. The van der Waals surface area contributed by atoms with Crippen molar-refractivity contribution in [3.8, 4) is 23.0 Å². The van der Waals surface area contributed by atoms with E-state index in [1.54, 1.807) is 12.3 Å². The highest BCUT2D eigenvalue weighted by molar-refractivity contribution is 5.71. The van der Waals surface area contributed by atoms with E-state index in [4.69, 9.17) is 10.3 Å². The van der Waals surface area contributed by atoms with Crippen molar-refractivity contribution in [1.29, 1.82) is 0 Å². The molecule has 100 valence electrons. The van der Waals surface area contributed by atoms with Gasteiger partial charge in [-0.25, -0.2) is 9.97 Å². The molecule has 6 nitrogen and oxygen atoms in total. The summed E-state index contributed by atoms with van der Waals surface area (Å²) in [5.74, 6) is 1.47. The number of hydrogen-bond acceptors (Lipinski definition) is 6. The third-order valence-electron chi connectivity index (χ3n) is 2.87.